The molecule has 0 aromatic heterocycles. The highest BCUT2D eigenvalue weighted by Gasteiger charge is 2.25. The average Bonchev–Trinajstić information content (AvgIpc) is 2.33. The zero-order chi connectivity index (χ0) is 12.4. The fraction of sp³-hybridized carbons (Fsp3) is 0.600. The average molecular weight is 296 g/mol. The first-order valence-corrected chi connectivity index (χ1v) is 7.67. The number of hydrogen-bond acceptors (Lipinski definition) is 1. The summed E-state index contributed by atoms with van der Waals surface area (Å²) in [5, 5.41) is 0.945. The molecule has 0 aliphatic carbocycles. The second-order valence-electron chi connectivity index (χ2n) is 5.31. The molecule has 1 aromatic carbocycles. The maximum atomic E-state index is 3.52. The molecule has 1 fully saturated rings. The number of rotatable bonds is 2. The van der Waals surface area contributed by atoms with Crippen LogP contribution in [0.1, 0.15) is 37.8 Å². The lowest BCUT2D eigenvalue weighted by molar-refractivity contribution is 0.363. The number of nitrogens with zero attached hydrogens (tertiary/aromatic N) is 1. The molecule has 0 saturated carbocycles. The summed E-state index contributed by atoms with van der Waals surface area (Å²) in [6, 6.07) is 7.50. The molecule has 1 aromatic rings. The Bertz CT molecular complexity index is 389. The minimum absolute atomic E-state index is 0.664. The summed E-state index contributed by atoms with van der Waals surface area (Å²) in [6.07, 6.45) is 2.70. The van der Waals surface area contributed by atoms with Crippen molar-refractivity contribution in [1.82, 2.24) is 0 Å². The van der Waals surface area contributed by atoms with E-state index in [2.05, 4.69) is 59.8 Å². The standard InChI is InChI=1S/C15H22BrN/c1-11-5-4-8-17(13(11)3)15-7-6-14(10-16)9-12(15)2/h6-7,9,11,13H,4-5,8,10H2,1-3H3. The highest BCUT2D eigenvalue weighted by Crippen LogP contribution is 2.31. The van der Waals surface area contributed by atoms with Crippen molar-refractivity contribution in [3.05, 3.63) is 29.3 Å². The maximum Gasteiger partial charge on any atom is 0.0398 e. The van der Waals surface area contributed by atoms with Gasteiger partial charge in [0.2, 0.25) is 0 Å². The third kappa shape index (κ3) is 2.67. The topological polar surface area (TPSA) is 3.24 Å². The number of aryl methyl sites for hydroxylation is 1. The van der Waals surface area contributed by atoms with Gasteiger partial charge in [-0.2, -0.15) is 0 Å². The predicted octanol–water partition coefficient (Wildman–Crippen LogP) is 4.51. The van der Waals surface area contributed by atoms with Crippen LogP contribution in [0.15, 0.2) is 18.2 Å². The molecule has 0 bridgehead atoms. The number of piperidine rings is 1. The van der Waals surface area contributed by atoms with Crippen LogP contribution in [0.25, 0.3) is 0 Å². The van der Waals surface area contributed by atoms with Crippen molar-refractivity contribution in [2.45, 2.75) is 45.0 Å². The fourth-order valence-corrected chi connectivity index (χ4v) is 3.15. The Hall–Kier alpha value is -0.500. The molecule has 2 heteroatoms. The molecule has 94 valence electrons. The first-order chi connectivity index (χ1) is 8.13. The third-order valence-corrected chi connectivity index (χ3v) is 4.75. The van der Waals surface area contributed by atoms with E-state index in [-0.39, 0.29) is 0 Å². The van der Waals surface area contributed by atoms with Crippen LogP contribution in [0.4, 0.5) is 5.69 Å². The van der Waals surface area contributed by atoms with Crippen LogP contribution in [0.5, 0.6) is 0 Å². The molecule has 2 unspecified atom stereocenters. The smallest absolute Gasteiger partial charge is 0.0398 e. The minimum atomic E-state index is 0.664. The van der Waals surface area contributed by atoms with E-state index in [4.69, 9.17) is 0 Å². The monoisotopic (exact) mass is 295 g/mol. The van der Waals surface area contributed by atoms with Crippen molar-refractivity contribution in [3.8, 4) is 0 Å². The largest absolute Gasteiger partial charge is 0.368 e. The number of anilines is 1. The van der Waals surface area contributed by atoms with Gasteiger partial charge in [0.1, 0.15) is 0 Å². The molecule has 0 radical (unpaired) electrons. The van der Waals surface area contributed by atoms with Crippen molar-refractivity contribution in [2.75, 3.05) is 11.4 Å². The second kappa shape index (κ2) is 5.43. The molecule has 1 nitrogen and oxygen atoms in total. The van der Waals surface area contributed by atoms with Gasteiger partial charge in [-0.05, 0) is 49.8 Å². The number of hydrogen-bond donors (Lipinski definition) is 0. The summed E-state index contributed by atoms with van der Waals surface area (Å²) in [4.78, 5) is 2.58. The van der Waals surface area contributed by atoms with Crippen LogP contribution >= 0.6 is 15.9 Å². The molecule has 2 rings (SSSR count). The lowest BCUT2D eigenvalue weighted by atomic mass is 9.91. The Morgan fingerprint density at radius 1 is 1.35 bits per heavy atom. The highest BCUT2D eigenvalue weighted by molar-refractivity contribution is 9.08. The summed E-state index contributed by atoms with van der Waals surface area (Å²) < 4.78 is 0. The van der Waals surface area contributed by atoms with E-state index in [9.17, 15) is 0 Å². The first kappa shape index (κ1) is 12.9. The molecular formula is C15H22BrN. The molecule has 1 saturated heterocycles. The minimum Gasteiger partial charge on any atom is -0.368 e. The number of alkyl halides is 1. The Morgan fingerprint density at radius 3 is 2.76 bits per heavy atom. The third-order valence-electron chi connectivity index (χ3n) is 4.10. The molecule has 1 aliphatic heterocycles. The van der Waals surface area contributed by atoms with Gasteiger partial charge >= 0.3 is 0 Å². The Morgan fingerprint density at radius 2 is 2.12 bits per heavy atom. The lowest BCUT2D eigenvalue weighted by Crippen LogP contribution is -2.42. The van der Waals surface area contributed by atoms with Crippen LogP contribution in [0.3, 0.4) is 0 Å². The SMILES string of the molecule is Cc1cc(CBr)ccc1N1CCCC(C)C1C. The molecule has 1 aliphatic rings. The Labute approximate surface area is 113 Å². The molecule has 17 heavy (non-hydrogen) atoms. The van der Waals surface area contributed by atoms with Gasteiger partial charge < -0.3 is 4.90 Å². The molecule has 0 amide bonds. The molecule has 0 N–H and O–H groups in total. The normalized spacial score (nSPS) is 25.1. The number of benzene rings is 1. The van der Waals surface area contributed by atoms with E-state index < -0.39 is 0 Å². The Balaban J connectivity index is 2.27. The second-order valence-corrected chi connectivity index (χ2v) is 5.87. The summed E-state index contributed by atoms with van der Waals surface area (Å²) in [5.41, 5.74) is 4.20. The van der Waals surface area contributed by atoms with Crippen molar-refractivity contribution in [2.24, 2.45) is 5.92 Å². The van der Waals surface area contributed by atoms with Gasteiger partial charge in [0.15, 0.2) is 0 Å². The van der Waals surface area contributed by atoms with Crippen molar-refractivity contribution < 1.29 is 0 Å². The quantitative estimate of drug-likeness (QED) is 0.726. The zero-order valence-electron chi connectivity index (χ0n) is 11.0. The van der Waals surface area contributed by atoms with E-state index in [1.807, 2.05) is 0 Å². The van der Waals surface area contributed by atoms with Crippen molar-refractivity contribution in [1.29, 1.82) is 0 Å². The van der Waals surface area contributed by atoms with Crippen molar-refractivity contribution >= 4 is 21.6 Å². The van der Waals surface area contributed by atoms with Crippen molar-refractivity contribution in [3.63, 3.8) is 0 Å². The van der Waals surface area contributed by atoms with E-state index in [1.54, 1.807) is 0 Å². The first-order valence-electron chi connectivity index (χ1n) is 6.55. The van der Waals surface area contributed by atoms with Crippen LogP contribution < -0.4 is 4.90 Å². The summed E-state index contributed by atoms with van der Waals surface area (Å²) in [7, 11) is 0. The van der Waals surface area contributed by atoms with Gasteiger partial charge in [-0.25, -0.2) is 0 Å². The summed E-state index contributed by atoms with van der Waals surface area (Å²) >= 11 is 3.52. The number of halogens is 1. The van der Waals surface area contributed by atoms with E-state index in [0.717, 1.165) is 11.2 Å². The molecule has 0 spiro atoms. The van der Waals surface area contributed by atoms with Gasteiger partial charge in [-0.15, -0.1) is 0 Å². The van der Waals surface area contributed by atoms with Crippen LogP contribution in [-0.4, -0.2) is 12.6 Å². The summed E-state index contributed by atoms with van der Waals surface area (Å²) in [5.74, 6) is 0.805. The molecule has 2 atom stereocenters. The maximum absolute atomic E-state index is 3.52. The summed E-state index contributed by atoms with van der Waals surface area (Å²) in [6.45, 7) is 8.17. The van der Waals surface area contributed by atoms with Crippen LogP contribution in [0.2, 0.25) is 0 Å². The Kier molecular flexibility index (Phi) is 4.13. The van der Waals surface area contributed by atoms with Gasteiger partial charge in [0.05, 0.1) is 0 Å². The van der Waals surface area contributed by atoms with Crippen LogP contribution in [0, 0.1) is 12.8 Å². The van der Waals surface area contributed by atoms with Gasteiger partial charge in [0, 0.05) is 23.6 Å². The van der Waals surface area contributed by atoms with E-state index >= 15 is 0 Å². The fourth-order valence-electron chi connectivity index (χ4n) is 2.80. The van der Waals surface area contributed by atoms with E-state index in [0.29, 0.717) is 6.04 Å². The molecule has 1 heterocycles. The van der Waals surface area contributed by atoms with Gasteiger partial charge in [-0.1, -0.05) is 35.0 Å². The predicted molar refractivity (Wildman–Crippen MR) is 79.0 cm³/mol. The van der Waals surface area contributed by atoms with E-state index in [1.165, 1.54) is 36.2 Å². The van der Waals surface area contributed by atoms with Crippen LogP contribution in [-0.2, 0) is 5.33 Å². The highest BCUT2D eigenvalue weighted by atomic mass is 79.9. The van der Waals surface area contributed by atoms with Gasteiger partial charge in [-0.3, -0.25) is 0 Å². The molecular weight excluding hydrogens is 274 g/mol. The zero-order valence-corrected chi connectivity index (χ0v) is 12.6. The lowest BCUT2D eigenvalue weighted by Gasteiger charge is -2.40. The van der Waals surface area contributed by atoms with Gasteiger partial charge in [0.25, 0.3) is 0 Å².